The normalized spacial score (nSPS) is 20.3. The van der Waals surface area contributed by atoms with E-state index < -0.39 is 6.10 Å². The van der Waals surface area contributed by atoms with Gasteiger partial charge in [0.15, 0.2) is 0 Å². The Hall–Kier alpha value is -0.120. The van der Waals surface area contributed by atoms with Gasteiger partial charge in [0, 0.05) is 13.1 Å². The number of aliphatic hydroxyl groups is 1. The van der Waals surface area contributed by atoms with Crippen LogP contribution < -0.4 is 5.32 Å². The van der Waals surface area contributed by atoms with E-state index in [1.165, 1.54) is 25.7 Å². The summed E-state index contributed by atoms with van der Waals surface area (Å²) in [5.74, 6) is 0. The standard InChI is InChI=1S/C14H29NO2/c1-5-6-14(7-8-14)11-15-9-12(16)10-17-13(2,3)4/h12,15-16H,5-11H2,1-4H3. The van der Waals surface area contributed by atoms with Crippen molar-refractivity contribution < 1.29 is 9.84 Å². The molecule has 0 aliphatic heterocycles. The molecule has 1 saturated carbocycles. The minimum absolute atomic E-state index is 0.166. The lowest BCUT2D eigenvalue weighted by atomic mass is 10.0. The van der Waals surface area contributed by atoms with Gasteiger partial charge in [-0.25, -0.2) is 0 Å². The van der Waals surface area contributed by atoms with Gasteiger partial charge in [-0.15, -0.1) is 0 Å². The quantitative estimate of drug-likeness (QED) is 0.687. The minimum Gasteiger partial charge on any atom is -0.389 e. The molecular formula is C14H29NO2. The van der Waals surface area contributed by atoms with Crippen molar-refractivity contribution >= 4 is 0 Å². The van der Waals surface area contributed by atoms with Crippen molar-refractivity contribution in [3.05, 3.63) is 0 Å². The van der Waals surface area contributed by atoms with E-state index in [0.29, 0.717) is 18.6 Å². The van der Waals surface area contributed by atoms with Crippen LogP contribution in [0, 0.1) is 5.41 Å². The molecule has 102 valence electrons. The summed E-state index contributed by atoms with van der Waals surface area (Å²) in [5, 5.41) is 13.2. The first kappa shape index (κ1) is 14.9. The SMILES string of the molecule is CCCC1(CNCC(O)COC(C)(C)C)CC1. The van der Waals surface area contributed by atoms with E-state index in [2.05, 4.69) is 12.2 Å². The van der Waals surface area contributed by atoms with Gasteiger partial charge < -0.3 is 15.2 Å². The summed E-state index contributed by atoms with van der Waals surface area (Å²) in [6, 6.07) is 0. The summed E-state index contributed by atoms with van der Waals surface area (Å²) >= 11 is 0. The number of ether oxygens (including phenoxy) is 1. The van der Waals surface area contributed by atoms with E-state index in [-0.39, 0.29) is 5.60 Å². The molecule has 0 heterocycles. The van der Waals surface area contributed by atoms with E-state index in [9.17, 15) is 5.11 Å². The molecule has 3 nitrogen and oxygen atoms in total. The third-order valence-corrected chi connectivity index (χ3v) is 3.33. The Labute approximate surface area is 106 Å². The maximum Gasteiger partial charge on any atom is 0.0897 e. The number of nitrogens with one attached hydrogen (secondary N) is 1. The smallest absolute Gasteiger partial charge is 0.0897 e. The molecule has 3 heteroatoms. The van der Waals surface area contributed by atoms with E-state index in [4.69, 9.17) is 4.74 Å². The highest BCUT2D eigenvalue weighted by molar-refractivity contribution is 4.94. The van der Waals surface area contributed by atoms with Crippen LogP contribution in [0.15, 0.2) is 0 Å². The Morgan fingerprint density at radius 1 is 1.35 bits per heavy atom. The van der Waals surface area contributed by atoms with Crippen LogP contribution in [0.5, 0.6) is 0 Å². The van der Waals surface area contributed by atoms with Crippen LogP contribution in [0.25, 0.3) is 0 Å². The second-order valence-corrected chi connectivity index (χ2v) is 6.46. The molecule has 1 unspecified atom stereocenters. The fourth-order valence-corrected chi connectivity index (χ4v) is 2.13. The minimum atomic E-state index is -0.397. The largest absolute Gasteiger partial charge is 0.389 e. The number of hydrogen-bond donors (Lipinski definition) is 2. The van der Waals surface area contributed by atoms with Gasteiger partial charge >= 0.3 is 0 Å². The summed E-state index contributed by atoms with van der Waals surface area (Å²) in [6.45, 7) is 10.4. The molecule has 0 aromatic rings. The average Bonchev–Trinajstić information content (AvgIpc) is 2.95. The maximum absolute atomic E-state index is 9.77. The second kappa shape index (κ2) is 6.17. The summed E-state index contributed by atoms with van der Waals surface area (Å²) in [6.07, 6.45) is 4.88. The summed E-state index contributed by atoms with van der Waals surface area (Å²) in [4.78, 5) is 0. The van der Waals surface area contributed by atoms with E-state index in [1.807, 2.05) is 20.8 Å². The van der Waals surface area contributed by atoms with E-state index in [1.54, 1.807) is 0 Å². The summed E-state index contributed by atoms with van der Waals surface area (Å²) in [5.41, 5.74) is 0.389. The molecular weight excluding hydrogens is 214 g/mol. The molecule has 1 atom stereocenters. The topological polar surface area (TPSA) is 41.5 Å². The highest BCUT2D eigenvalue weighted by Gasteiger charge is 2.40. The first-order valence-corrected chi connectivity index (χ1v) is 6.90. The number of hydrogen-bond acceptors (Lipinski definition) is 3. The van der Waals surface area contributed by atoms with Crippen molar-refractivity contribution in [1.29, 1.82) is 0 Å². The van der Waals surface area contributed by atoms with Crippen LogP contribution in [0.1, 0.15) is 53.4 Å². The maximum atomic E-state index is 9.77. The molecule has 1 aliphatic rings. The first-order valence-electron chi connectivity index (χ1n) is 6.90. The van der Waals surface area contributed by atoms with Gasteiger partial charge in [-0.1, -0.05) is 13.3 Å². The van der Waals surface area contributed by atoms with Crippen molar-refractivity contribution in [1.82, 2.24) is 5.32 Å². The van der Waals surface area contributed by atoms with Gasteiger partial charge in [-0.3, -0.25) is 0 Å². The van der Waals surface area contributed by atoms with Crippen molar-refractivity contribution in [2.24, 2.45) is 5.41 Å². The van der Waals surface area contributed by atoms with Crippen molar-refractivity contribution in [3.63, 3.8) is 0 Å². The fraction of sp³-hybridized carbons (Fsp3) is 1.00. The molecule has 2 N–H and O–H groups in total. The van der Waals surface area contributed by atoms with E-state index >= 15 is 0 Å². The highest BCUT2D eigenvalue weighted by Crippen LogP contribution is 2.48. The lowest BCUT2D eigenvalue weighted by Crippen LogP contribution is -2.36. The predicted octanol–water partition coefficient (Wildman–Crippen LogP) is 2.33. The third-order valence-electron chi connectivity index (χ3n) is 3.33. The molecule has 0 bridgehead atoms. The zero-order valence-electron chi connectivity index (χ0n) is 11.9. The Morgan fingerprint density at radius 3 is 2.47 bits per heavy atom. The molecule has 1 aliphatic carbocycles. The molecule has 0 spiro atoms. The predicted molar refractivity (Wildman–Crippen MR) is 71.2 cm³/mol. The van der Waals surface area contributed by atoms with Gasteiger partial charge in [0.25, 0.3) is 0 Å². The van der Waals surface area contributed by atoms with Crippen LogP contribution in [0.3, 0.4) is 0 Å². The van der Waals surface area contributed by atoms with Crippen molar-refractivity contribution in [3.8, 4) is 0 Å². The Balaban J connectivity index is 2.06. The molecule has 17 heavy (non-hydrogen) atoms. The molecule has 0 saturated heterocycles. The zero-order chi connectivity index (χ0) is 12.9. The van der Waals surface area contributed by atoms with E-state index in [0.717, 1.165) is 6.54 Å². The first-order chi connectivity index (χ1) is 7.87. The lowest BCUT2D eigenvalue weighted by molar-refractivity contribution is -0.0480. The lowest BCUT2D eigenvalue weighted by Gasteiger charge is -2.23. The number of aliphatic hydroxyl groups excluding tert-OH is 1. The van der Waals surface area contributed by atoms with Crippen LogP contribution in [-0.2, 0) is 4.74 Å². The van der Waals surface area contributed by atoms with Gasteiger partial charge in [0.1, 0.15) is 0 Å². The molecule has 1 fully saturated rings. The zero-order valence-corrected chi connectivity index (χ0v) is 11.9. The van der Waals surface area contributed by atoms with Crippen LogP contribution in [0.4, 0.5) is 0 Å². The van der Waals surface area contributed by atoms with Crippen LogP contribution >= 0.6 is 0 Å². The fourth-order valence-electron chi connectivity index (χ4n) is 2.13. The monoisotopic (exact) mass is 243 g/mol. The molecule has 0 radical (unpaired) electrons. The second-order valence-electron chi connectivity index (χ2n) is 6.46. The molecule has 1 rings (SSSR count). The summed E-state index contributed by atoms with van der Waals surface area (Å²) < 4.78 is 5.55. The Kier molecular flexibility index (Phi) is 5.42. The molecule has 0 amide bonds. The van der Waals surface area contributed by atoms with Crippen molar-refractivity contribution in [2.75, 3.05) is 19.7 Å². The van der Waals surface area contributed by atoms with Crippen LogP contribution in [-0.4, -0.2) is 36.5 Å². The van der Waals surface area contributed by atoms with Crippen molar-refractivity contribution in [2.45, 2.75) is 65.1 Å². The van der Waals surface area contributed by atoms with Crippen LogP contribution in [0.2, 0.25) is 0 Å². The number of rotatable bonds is 8. The summed E-state index contributed by atoms with van der Waals surface area (Å²) in [7, 11) is 0. The average molecular weight is 243 g/mol. The third kappa shape index (κ3) is 6.39. The molecule has 0 aromatic heterocycles. The van der Waals surface area contributed by atoms with Gasteiger partial charge in [0.05, 0.1) is 18.3 Å². The van der Waals surface area contributed by atoms with Gasteiger partial charge in [-0.05, 0) is 45.4 Å². The van der Waals surface area contributed by atoms with Gasteiger partial charge in [-0.2, -0.15) is 0 Å². The Bertz CT molecular complexity index is 219. The Morgan fingerprint density at radius 2 is 2.00 bits per heavy atom. The van der Waals surface area contributed by atoms with Gasteiger partial charge in [0.2, 0.25) is 0 Å². The highest BCUT2D eigenvalue weighted by atomic mass is 16.5. The molecule has 0 aromatic carbocycles.